The molecule has 0 amide bonds. The Hall–Kier alpha value is -0.410. The fraction of sp³-hybridized carbons (Fsp3) is 0.400. The van der Waals surface area contributed by atoms with Crippen LogP contribution in [0.15, 0.2) is 22.7 Å². The van der Waals surface area contributed by atoms with Gasteiger partial charge < -0.3 is 5.32 Å². The number of hydrogen-bond donors (Lipinski definition) is 1. The number of rotatable bonds is 1. The molecule has 1 saturated heterocycles. The molecule has 0 saturated carbocycles. The van der Waals surface area contributed by atoms with Crippen LogP contribution in [0.1, 0.15) is 24.4 Å². The fourth-order valence-electron chi connectivity index (χ4n) is 1.70. The van der Waals surface area contributed by atoms with Crippen LogP contribution in [0.5, 0.6) is 0 Å². The normalized spacial score (nSPS) is 22.2. The average Bonchev–Trinajstić information content (AvgIpc) is 2.62. The highest BCUT2D eigenvalue weighted by Crippen LogP contribution is 2.26. The van der Waals surface area contributed by atoms with Gasteiger partial charge in [0.1, 0.15) is 5.82 Å². The van der Waals surface area contributed by atoms with E-state index in [2.05, 4.69) is 21.2 Å². The third-order valence-corrected chi connectivity index (χ3v) is 3.01. The maximum absolute atomic E-state index is 12.9. The topological polar surface area (TPSA) is 12.0 Å². The molecule has 1 N–H and O–H groups in total. The second-order valence-corrected chi connectivity index (χ2v) is 4.18. The van der Waals surface area contributed by atoms with Crippen molar-refractivity contribution in [2.75, 3.05) is 6.54 Å². The maximum atomic E-state index is 12.9. The number of halogens is 2. The molecule has 1 heterocycles. The first-order valence-electron chi connectivity index (χ1n) is 4.46. The summed E-state index contributed by atoms with van der Waals surface area (Å²) in [5.41, 5.74) is 1.17. The maximum Gasteiger partial charge on any atom is 0.137 e. The monoisotopic (exact) mass is 243 g/mol. The zero-order valence-corrected chi connectivity index (χ0v) is 8.77. The van der Waals surface area contributed by atoms with Crippen molar-refractivity contribution < 1.29 is 4.39 Å². The van der Waals surface area contributed by atoms with Crippen molar-refractivity contribution in [3.8, 4) is 0 Å². The van der Waals surface area contributed by atoms with Gasteiger partial charge in [-0.15, -0.1) is 0 Å². The van der Waals surface area contributed by atoms with E-state index in [1.165, 1.54) is 18.1 Å². The van der Waals surface area contributed by atoms with Gasteiger partial charge in [-0.05, 0) is 53.0 Å². The minimum atomic E-state index is -0.193. The van der Waals surface area contributed by atoms with E-state index in [9.17, 15) is 4.39 Å². The Morgan fingerprint density at radius 1 is 1.46 bits per heavy atom. The minimum absolute atomic E-state index is 0.193. The molecular formula is C10H11BrFN. The van der Waals surface area contributed by atoms with Crippen molar-refractivity contribution >= 4 is 15.9 Å². The van der Waals surface area contributed by atoms with E-state index in [0.29, 0.717) is 10.5 Å². The molecule has 0 radical (unpaired) electrons. The Bertz CT molecular complexity index is 308. The van der Waals surface area contributed by atoms with Crippen molar-refractivity contribution in [1.29, 1.82) is 0 Å². The second-order valence-electron chi connectivity index (χ2n) is 3.32. The molecule has 13 heavy (non-hydrogen) atoms. The van der Waals surface area contributed by atoms with E-state index in [0.717, 1.165) is 13.0 Å². The second kappa shape index (κ2) is 3.76. The smallest absolute Gasteiger partial charge is 0.137 e. The lowest BCUT2D eigenvalue weighted by Crippen LogP contribution is -2.12. The molecule has 1 fully saturated rings. The Balaban J connectivity index is 2.25. The molecule has 1 atom stereocenters. The lowest BCUT2D eigenvalue weighted by atomic mass is 10.1. The molecule has 1 aliphatic rings. The van der Waals surface area contributed by atoms with Gasteiger partial charge in [0.05, 0.1) is 4.47 Å². The molecule has 0 bridgehead atoms. The van der Waals surface area contributed by atoms with Crippen molar-refractivity contribution in [3.05, 3.63) is 34.1 Å². The molecule has 2 rings (SSSR count). The van der Waals surface area contributed by atoms with Crippen LogP contribution in [0.25, 0.3) is 0 Å². The van der Waals surface area contributed by atoms with E-state index in [-0.39, 0.29) is 5.82 Å². The summed E-state index contributed by atoms with van der Waals surface area (Å²) in [5.74, 6) is -0.193. The molecule has 1 nitrogen and oxygen atoms in total. The summed E-state index contributed by atoms with van der Waals surface area (Å²) >= 11 is 3.19. The molecule has 70 valence electrons. The van der Waals surface area contributed by atoms with Crippen LogP contribution in [0, 0.1) is 5.82 Å². The average molecular weight is 244 g/mol. The van der Waals surface area contributed by atoms with Crippen molar-refractivity contribution in [3.63, 3.8) is 0 Å². The van der Waals surface area contributed by atoms with Crippen LogP contribution >= 0.6 is 15.9 Å². The van der Waals surface area contributed by atoms with Gasteiger partial charge in [0, 0.05) is 6.04 Å². The summed E-state index contributed by atoms with van der Waals surface area (Å²) in [6.07, 6.45) is 2.36. The predicted octanol–water partition coefficient (Wildman–Crippen LogP) is 3.01. The zero-order valence-electron chi connectivity index (χ0n) is 7.19. The largest absolute Gasteiger partial charge is 0.310 e. The van der Waals surface area contributed by atoms with Gasteiger partial charge in [-0.1, -0.05) is 6.07 Å². The van der Waals surface area contributed by atoms with Gasteiger partial charge in [0.15, 0.2) is 0 Å². The summed E-state index contributed by atoms with van der Waals surface area (Å²) in [7, 11) is 0. The van der Waals surface area contributed by atoms with E-state index in [1.807, 2.05) is 12.1 Å². The number of benzene rings is 1. The predicted molar refractivity (Wildman–Crippen MR) is 54.1 cm³/mol. The third-order valence-electron chi connectivity index (χ3n) is 2.41. The molecule has 1 unspecified atom stereocenters. The van der Waals surface area contributed by atoms with Gasteiger partial charge in [-0.2, -0.15) is 0 Å². The molecule has 0 aliphatic carbocycles. The molecule has 3 heteroatoms. The lowest BCUT2D eigenvalue weighted by molar-refractivity contribution is 0.611. The van der Waals surface area contributed by atoms with Crippen molar-refractivity contribution in [2.24, 2.45) is 0 Å². The quantitative estimate of drug-likeness (QED) is 0.800. The van der Waals surface area contributed by atoms with Crippen LogP contribution in [0.3, 0.4) is 0 Å². The Labute approximate surface area is 85.5 Å². The van der Waals surface area contributed by atoms with Crippen LogP contribution < -0.4 is 5.32 Å². The summed E-state index contributed by atoms with van der Waals surface area (Å²) in [4.78, 5) is 0. The summed E-state index contributed by atoms with van der Waals surface area (Å²) in [5, 5.41) is 3.38. The molecule has 1 aromatic rings. The number of nitrogens with one attached hydrogen (secondary N) is 1. The highest BCUT2D eigenvalue weighted by molar-refractivity contribution is 9.10. The van der Waals surface area contributed by atoms with Gasteiger partial charge in [0.2, 0.25) is 0 Å². The minimum Gasteiger partial charge on any atom is -0.310 e. The van der Waals surface area contributed by atoms with Gasteiger partial charge >= 0.3 is 0 Å². The molecule has 0 aromatic heterocycles. The zero-order chi connectivity index (χ0) is 9.26. The van der Waals surface area contributed by atoms with Crippen molar-refractivity contribution in [1.82, 2.24) is 5.32 Å². The van der Waals surface area contributed by atoms with E-state index >= 15 is 0 Å². The van der Waals surface area contributed by atoms with Crippen LogP contribution in [-0.4, -0.2) is 6.54 Å². The molecule has 1 aliphatic heterocycles. The fourth-order valence-corrected chi connectivity index (χ4v) is 2.09. The molecular weight excluding hydrogens is 233 g/mol. The molecule has 1 aromatic carbocycles. The van der Waals surface area contributed by atoms with Gasteiger partial charge in [-0.25, -0.2) is 4.39 Å². The first kappa shape index (κ1) is 9.16. The first-order valence-corrected chi connectivity index (χ1v) is 5.25. The van der Waals surface area contributed by atoms with Crippen LogP contribution in [0.4, 0.5) is 4.39 Å². The van der Waals surface area contributed by atoms with E-state index < -0.39 is 0 Å². The van der Waals surface area contributed by atoms with Crippen molar-refractivity contribution in [2.45, 2.75) is 18.9 Å². The SMILES string of the molecule is Fc1ccc(C2CCCN2)cc1Br. The van der Waals surface area contributed by atoms with Crippen LogP contribution in [-0.2, 0) is 0 Å². The van der Waals surface area contributed by atoms with E-state index in [4.69, 9.17) is 0 Å². The van der Waals surface area contributed by atoms with Crippen LogP contribution in [0.2, 0.25) is 0 Å². The summed E-state index contributed by atoms with van der Waals surface area (Å²) in [6, 6.07) is 5.64. The summed E-state index contributed by atoms with van der Waals surface area (Å²) < 4.78 is 13.5. The number of hydrogen-bond acceptors (Lipinski definition) is 1. The lowest BCUT2D eigenvalue weighted by Gasteiger charge is -2.10. The summed E-state index contributed by atoms with van der Waals surface area (Å²) in [6.45, 7) is 1.07. The third kappa shape index (κ3) is 1.92. The highest BCUT2D eigenvalue weighted by Gasteiger charge is 2.16. The van der Waals surface area contributed by atoms with E-state index in [1.54, 1.807) is 0 Å². The Morgan fingerprint density at radius 2 is 2.31 bits per heavy atom. The first-order chi connectivity index (χ1) is 6.27. The Morgan fingerprint density at radius 3 is 2.92 bits per heavy atom. The van der Waals surface area contributed by atoms with Gasteiger partial charge in [-0.3, -0.25) is 0 Å². The Kier molecular flexibility index (Phi) is 2.65. The standard InChI is InChI=1S/C10H11BrFN/c11-8-6-7(3-4-9(8)12)10-2-1-5-13-10/h3-4,6,10,13H,1-2,5H2. The highest BCUT2D eigenvalue weighted by atomic mass is 79.9. The molecule has 0 spiro atoms. The van der Waals surface area contributed by atoms with Gasteiger partial charge in [0.25, 0.3) is 0 Å².